The molecule has 0 aromatic heterocycles. The summed E-state index contributed by atoms with van der Waals surface area (Å²) in [7, 11) is 0. The van der Waals surface area contributed by atoms with E-state index in [4.69, 9.17) is 10.5 Å². The van der Waals surface area contributed by atoms with Gasteiger partial charge in [-0.25, -0.2) is 0 Å². The minimum Gasteiger partial charge on any atom is -0.461 e. The molecule has 0 unspecified atom stereocenters. The summed E-state index contributed by atoms with van der Waals surface area (Å²) in [5, 5.41) is 4.96. The van der Waals surface area contributed by atoms with Crippen LogP contribution in [0.3, 0.4) is 0 Å². The van der Waals surface area contributed by atoms with Gasteiger partial charge in [-0.15, -0.1) is 0 Å². The summed E-state index contributed by atoms with van der Waals surface area (Å²) in [6, 6.07) is 7.02. The van der Waals surface area contributed by atoms with Crippen molar-refractivity contribution in [3.63, 3.8) is 0 Å². The van der Waals surface area contributed by atoms with Crippen molar-refractivity contribution in [2.45, 2.75) is 52.3 Å². The van der Waals surface area contributed by atoms with Crippen LogP contribution in [-0.4, -0.2) is 35.8 Å². The Bertz CT molecular complexity index is 661. The van der Waals surface area contributed by atoms with E-state index in [9.17, 15) is 19.2 Å². The van der Waals surface area contributed by atoms with Gasteiger partial charge in [0, 0.05) is 6.92 Å². The Morgan fingerprint density at radius 2 is 1.67 bits per heavy atom. The van der Waals surface area contributed by atoms with Crippen molar-refractivity contribution in [3.05, 3.63) is 35.9 Å². The van der Waals surface area contributed by atoms with Crippen LogP contribution in [-0.2, 0) is 30.5 Å². The number of hydrogen-bond donors (Lipinski definition) is 3. The highest BCUT2D eigenvalue weighted by molar-refractivity contribution is 5.93. The molecule has 1 rings (SSSR count). The van der Waals surface area contributed by atoms with E-state index in [2.05, 4.69) is 10.6 Å². The normalized spacial score (nSPS) is 12.7. The summed E-state index contributed by atoms with van der Waals surface area (Å²) in [6.07, 6.45) is -0.00226. The van der Waals surface area contributed by atoms with Crippen molar-refractivity contribution in [2.75, 3.05) is 0 Å². The van der Waals surface area contributed by atoms with E-state index < -0.39 is 29.9 Å². The first-order valence-electron chi connectivity index (χ1n) is 8.75. The molecule has 0 saturated carbocycles. The molecule has 0 radical (unpaired) electrons. The van der Waals surface area contributed by atoms with Crippen LogP contribution >= 0.6 is 0 Å². The van der Waals surface area contributed by atoms with E-state index in [0.717, 1.165) is 5.56 Å². The minimum absolute atomic E-state index is 0.0565. The van der Waals surface area contributed by atoms with Gasteiger partial charge < -0.3 is 21.1 Å². The number of primary amides is 1. The average Bonchev–Trinajstić information content (AvgIpc) is 2.58. The summed E-state index contributed by atoms with van der Waals surface area (Å²) < 4.78 is 5.11. The number of rotatable bonds is 10. The van der Waals surface area contributed by atoms with Crippen molar-refractivity contribution in [1.29, 1.82) is 0 Å². The minimum atomic E-state index is -1.22. The molecular weight excluding hydrogens is 350 g/mol. The van der Waals surface area contributed by atoms with Gasteiger partial charge in [-0.1, -0.05) is 44.2 Å². The van der Waals surface area contributed by atoms with Gasteiger partial charge in [0.1, 0.15) is 18.7 Å². The van der Waals surface area contributed by atoms with Crippen LogP contribution in [0.15, 0.2) is 30.3 Å². The van der Waals surface area contributed by atoms with Crippen molar-refractivity contribution in [1.82, 2.24) is 10.6 Å². The van der Waals surface area contributed by atoms with Crippen molar-refractivity contribution >= 4 is 23.7 Å². The fourth-order valence-corrected chi connectivity index (χ4v) is 2.41. The van der Waals surface area contributed by atoms with Gasteiger partial charge in [-0.3, -0.25) is 19.2 Å². The molecular formula is C19H27N3O5. The predicted octanol–water partition coefficient (Wildman–Crippen LogP) is 0.641. The lowest BCUT2D eigenvalue weighted by molar-refractivity contribution is -0.147. The Balaban J connectivity index is 2.65. The Morgan fingerprint density at radius 3 is 2.19 bits per heavy atom. The lowest BCUT2D eigenvalue weighted by Crippen LogP contribution is -2.53. The highest BCUT2D eigenvalue weighted by Crippen LogP contribution is 2.07. The quantitative estimate of drug-likeness (QED) is 0.516. The predicted molar refractivity (Wildman–Crippen MR) is 99.0 cm³/mol. The maximum absolute atomic E-state index is 12.4. The van der Waals surface area contributed by atoms with Gasteiger partial charge >= 0.3 is 5.97 Å². The summed E-state index contributed by atoms with van der Waals surface area (Å²) in [5.41, 5.74) is 6.09. The molecule has 0 aliphatic carbocycles. The molecule has 0 fully saturated rings. The van der Waals surface area contributed by atoms with Gasteiger partial charge in [0.2, 0.25) is 17.7 Å². The molecule has 8 nitrogen and oxygen atoms in total. The summed E-state index contributed by atoms with van der Waals surface area (Å²) >= 11 is 0. The number of nitrogens with two attached hydrogens (primary N) is 1. The van der Waals surface area contributed by atoms with Gasteiger partial charge in [0.25, 0.3) is 0 Å². The number of esters is 1. The first-order valence-corrected chi connectivity index (χ1v) is 8.75. The molecule has 148 valence electrons. The second-order valence-electron chi connectivity index (χ2n) is 6.70. The molecule has 0 bridgehead atoms. The van der Waals surface area contributed by atoms with Crippen LogP contribution in [0.4, 0.5) is 0 Å². The maximum atomic E-state index is 12.4. The topological polar surface area (TPSA) is 128 Å². The second-order valence-corrected chi connectivity index (χ2v) is 6.70. The molecule has 4 N–H and O–H groups in total. The Kier molecular flexibility index (Phi) is 8.98. The molecule has 8 heteroatoms. The van der Waals surface area contributed by atoms with Crippen molar-refractivity contribution in [2.24, 2.45) is 11.7 Å². The molecule has 0 spiro atoms. The first kappa shape index (κ1) is 22.1. The van der Waals surface area contributed by atoms with Crippen molar-refractivity contribution in [3.8, 4) is 0 Å². The third kappa shape index (κ3) is 8.84. The number of carbonyl (C=O) groups is 4. The van der Waals surface area contributed by atoms with Crippen LogP contribution < -0.4 is 16.4 Å². The van der Waals surface area contributed by atoms with Gasteiger partial charge in [-0.2, -0.15) is 0 Å². The van der Waals surface area contributed by atoms with E-state index in [1.807, 2.05) is 32.0 Å². The lowest BCUT2D eigenvalue weighted by Gasteiger charge is -2.22. The SMILES string of the molecule is CC(=O)N[C@@H](CC(C)C)C(=O)N[C@@H](CC(=O)OCc1ccccc1)C(N)=O. The van der Waals surface area contributed by atoms with Crippen LogP contribution in [0, 0.1) is 5.92 Å². The lowest BCUT2D eigenvalue weighted by atomic mass is 10.0. The van der Waals surface area contributed by atoms with Crippen LogP contribution in [0.2, 0.25) is 0 Å². The van der Waals surface area contributed by atoms with E-state index in [0.29, 0.717) is 6.42 Å². The Hall–Kier alpha value is -2.90. The molecule has 0 aliphatic rings. The van der Waals surface area contributed by atoms with E-state index in [1.54, 1.807) is 12.1 Å². The molecule has 0 heterocycles. The number of benzene rings is 1. The monoisotopic (exact) mass is 377 g/mol. The number of nitrogens with one attached hydrogen (secondary N) is 2. The maximum Gasteiger partial charge on any atom is 0.308 e. The zero-order chi connectivity index (χ0) is 20.4. The number of ether oxygens (including phenoxy) is 1. The summed E-state index contributed by atoms with van der Waals surface area (Å²) in [6.45, 7) is 5.15. The average molecular weight is 377 g/mol. The van der Waals surface area contributed by atoms with Gasteiger partial charge in [-0.05, 0) is 17.9 Å². The number of hydrogen-bond acceptors (Lipinski definition) is 5. The van der Waals surface area contributed by atoms with Crippen LogP contribution in [0.25, 0.3) is 0 Å². The molecule has 27 heavy (non-hydrogen) atoms. The van der Waals surface area contributed by atoms with Gasteiger partial charge in [0.05, 0.1) is 6.42 Å². The third-order valence-corrected chi connectivity index (χ3v) is 3.67. The summed E-state index contributed by atoms with van der Waals surface area (Å²) in [5.74, 6) is -2.32. The molecule has 2 atom stereocenters. The summed E-state index contributed by atoms with van der Waals surface area (Å²) in [4.78, 5) is 47.3. The Labute approximate surface area is 158 Å². The molecule has 1 aromatic rings. The van der Waals surface area contributed by atoms with Gasteiger partial charge in [0.15, 0.2) is 0 Å². The van der Waals surface area contributed by atoms with E-state index in [1.165, 1.54) is 6.92 Å². The highest BCUT2D eigenvalue weighted by atomic mass is 16.5. The molecule has 3 amide bonds. The Morgan fingerprint density at radius 1 is 1.04 bits per heavy atom. The smallest absolute Gasteiger partial charge is 0.308 e. The first-order chi connectivity index (χ1) is 12.7. The third-order valence-electron chi connectivity index (χ3n) is 3.67. The highest BCUT2D eigenvalue weighted by Gasteiger charge is 2.27. The van der Waals surface area contributed by atoms with Crippen LogP contribution in [0.1, 0.15) is 39.2 Å². The number of amides is 3. The second kappa shape index (κ2) is 10.9. The molecule has 0 saturated heterocycles. The van der Waals surface area contributed by atoms with Crippen LogP contribution in [0.5, 0.6) is 0 Å². The fourth-order valence-electron chi connectivity index (χ4n) is 2.41. The van der Waals surface area contributed by atoms with E-state index >= 15 is 0 Å². The molecule has 1 aromatic carbocycles. The molecule has 0 aliphatic heterocycles. The van der Waals surface area contributed by atoms with E-state index in [-0.39, 0.29) is 24.9 Å². The largest absolute Gasteiger partial charge is 0.461 e. The number of carbonyl (C=O) groups excluding carboxylic acids is 4. The van der Waals surface area contributed by atoms with Crippen molar-refractivity contribution < 1.29 is 23.9 Å². The standard InChI is InChI=1S/C19H27N3O5/c1-12(2)9-16(21-13(3)23)19(26)22-15(18(20)25)10-17(24)27-11-14-7-5-4-6-8-14/h4-8,12,15-16H,9-11H2,1-3H3,(H2,20,25)(H,21,23)(H,22,26)/t15-,16-/m0/s1. The zero-order valence-corrected chi connectivity index (χ0v) is 15.9. The fraction of sp³-hybridized carbons (Fsp3) is 0.474. The zero-order valence-electron chi connectivity index (χ0n) is 15.9.